The number of hydrogen-bond donors (Lipinski definition) is 1. The summed E-state index contributed by atoms with van der Waals surface area (Å²) in [7, 11) is -1.40. The molecular weight excluding hydrogens is 571 g/mol. The molecule has 0 aromatic carbocycles. The Labute approximate surface area is 242 Å². The molecule has 1 saturated heterocycles. The first-order valence-electron chi connectivity index (χ1n) is 13.5. The fourth-order valence-electron chi connectivity index (χ4n) is 6.39. The minimum absolute atomic E-state index is 0.00227. The molecule has 6 rings (SSSR count). The van der Waals surface area contributed by atoms with Crippen LogP contribution in [0.4, 0.5) is 19.0 Å². The molecule has 5 heterocycles. The Morgan fingerprint density at radius 2 is 1.88 bits per heavy atom. The third kappa shape index (κ3) is 5.12. The first kappa shape index (κ1) is 28.1. The van der Waals surface area contributed by atoms with Gasteiger partial charge in [-0.3, -0.25) is 15.1 Å². The van der Waals surface area contributed by atoms with Gasteiger partial charge >= 0.3 is 6.18 Å². The van der Waals surface area contributed by atoms with Crippen LogP contribution in [0.3, 0.4) is 0 Å². The number of aromatic nitrogens is 5. The largest absolute Gasteiger partial charge is 0.434 e. The zero-order valence-electron chi connectivity index (χ0n) is 22.6. The number of anilines is 1. The normalized spacial score (nSPS) is 20.0. The van der Waals surface area contributed by atoms with Crippen LogP contribution in [0.5, 0.6) is 0 Å². The molecule has 1 aliphatic heterocycles. The number of nitrogens with zero attached hydrogens (tertiary/aromatic N) is 6. The summed E-state index contributed by atoms with van der Waals surface area (Å²) in [5.74, 6) is 0.990. The summed E-state index contributed by atoms with van der Waals surface area (Å²) in [4.78, 5) is 15.4. The molecule has 0 amide bonds. The lowest BCUT2D eigenvalue weighted by Gasteiger charge is -2.44. The predicted octanol–water partition coefficient (Wildman–Crippen LogP) is 5.33. The summed E-state index contributed by atoms with van der Waals surface area (Å²) in [6.45, 7) is 5.25. The van der Waals surface area contributed by atoms with Crippen molar-refractivity contribution in [2.75, 3.05) is 18.0 Å². The molecule has 4 aromatic heterocycles. The van der Waals surface area contributed by atoms with Gasteiger partial charge in [0.2, 0.25) is 0 Å². The smallest absolute Gasteiger partial charge is 0.355 e. The second kappa shape index (κ2) is 10.7. The van der Waals surface area contributed by atoms with Gasteiger partial charge in [-0.2, -0.15) is 18.3 Å². The lowest BCUT2D eigenvalue weighted by atomic mass is 9.68. The number of nitrogens with two attached hydrogens (primary N) is 1. The molecule has 2 unspecified atom stereocenters. The fourth-order valence-corrected chi connectivity index (χ4v) is 7.81. The Bertz CT molecular complexity index is 1620. The number of hydrogen-bond acceptors (Lipinski definition) is 7. The van der Waals surface area contributed by atoms with Gasteiger partial charge in [-0.15, -0.1) is 0 Å². The van der Waals surface area contributed by atoms with E-state index in [4.69, 9.17) is 10.1 Å². The number of aryl methyl sites for hydroxylation is 1. The van der Waals surface area contributed by atoms with Crippen molar-refractivity contribution in [3.8, 4) is 0 Å². The minimum Gasteiger partial charge on any atom is -0.355 e. The van der Waals surface area contributed by atoms with E-state index < -0.39 is 22.9 Å². The molecule has 4 aromatic rings. The molecule has 0 bridgehead atoms. The summed E-state index contributed by atoms with van der Waals surface area (Å²) >= 11 is 0.969. The van der Waals surface area contributed by atoms with Gasteiger partial charge in [0.05, 0.1) is 22.9 Å². The van der Waals surface area contributed by atoms with Crippen LogP contribution in [0.2, 0.25) is 0 Å². The molecule has 41 heavy (non-hydrogen) atoms. The van der Waals surface area contributed by atoms with Crippen molar-refractivity contribution in [3.63, 3.8) is 0 Å². The Hall–Kier alpha value is -3.03. The highest BCUT2D eigenvalue weighted by molar-refractivity contribution is 7.99. The molecule has 2 aliphatic rings. The van der Waals surface area contributed by atoms with E-state index in [1.165, 1.54) is 17.7 Å². The zero-order chi connectivity index (χ0) is 28.9. The third-order valence-electron chi connectivity index (χ3n) is 8.48. The molecule has 1 spiro atoms. The second-order valence-corrected chi connectivity index (χ2v) is 13.4. The predicted molar refractivity (Wildman–Crippen MR) is 152 cm³/mol. The van der Waals surface area contributed by atoms with E-state index in [2.05, 4.69) is 26.0 Å². The van der Waals surface area contributed by atoms with Crippen molar-refractivity contribution >= 4 is 34.1 Å². The highest BCUT2D eigenvalue weighted by Crippen LogP contribution is 2.55. The number of fused-ring (bicyclic) bond motifs is 2. The van der Waals surface area contributed by atoms with Crippen LogP contribution in [-0.2, 0) is 23.6 Å². The van der Waals surface area contributed by atoms with Crippen molar-refractivity contribution in [1.82, 2.24) is 24.6 Å². The van der Waals surface area contributed by atoms with Gasteiger partial charge in [0.25, 0.3) is 0 Å². The molecule has 13 heteroatoms. The van der Waals surface area contributed by atoms with Crippen LogP contribution >= 0.6 is 11.8 Å². The van der Waals surface area contributed by atoms with Crippen LogP contribution in [0.1, 0.15) is 54.7 Å². The maximum Gasteiger partial charge on any atom is 0.434 e. The second-order valence-electron chi connectivity index (χ2n) is 10.9. The van der Waals surface area contributed by atoms with Crippen molar-refractivity contribution < 1.29 is 17.4 Å². The van der Waals surface area contributed by atoms with Gasteiger partial charge in [-0.05, 0) is 80.7 Å². The highest BCUT2D eigenvalue weighted by Gasteiger charge is 2.49. The number of piperidine rings is 1. The Morgan fingerprint density at radius 3 is 2.61 bits per heavy atom. The Kier molecular flexibility index (Phi) is 7.31. The number of rotatable bonds is 6. The average Bonchev–Trinajstić information content (AvgIpc) is 3.54. The maximum absolute atomic E-state index is 13.6. The topological polar surface area (TPSA) is 102 Å². The van der Waals surface area contributed by atoms with E-state index in [-0.39, 0.29) is 21.5 Å². The molecule has 8 nitrogen and oxygen atoms in total. The molecule has 0 radical (unpaired) electrons. The van der Waals surface area contributed by atoms with Gasteiger partial charge in [0.1, 0.15) is 10.5 Å². The SMILES string of the molecule is Cc1nc(N2CCC3(CC2)Cc2ncccc2[C@H]3CC(C)S(N)=O)c2ccnn2c1Sc1cccnc1C(F)(F)F. The van der Waals surface area contributed by atoms with Crippen molar-refractivity contribution in [2.45, 2.75) is 66.8 Å². The number of pyridine rings is 2. The van der Waals surface area contributed by atoms with Crippen molar-refractivity contribution in [2.24, 2.45) is 10.6 Å². The molecule has 216 valence electrons. The molecule has 1 fully saturated rings. The van der Waals surface area contributed by atoms with E-state index in [0.717, 1.165) is 73.8 Å². The van der Waals surface area contributed by atoms with Crippen LogP contribution in [0, 0.1) is 12.3 Å². The standard InChI is InChI=1S/C28H30F3N7OS2/c1-17(41(32)39)15-20-19-5-3-10-33-21(19)16-27(20)8-13-37(14-9-27)25-22-7-12-35-38(22)26(18(2)36-25)40-23-6-4-11-34-24(23)28(29,30)31/h3-7,10-12,17,20H,8-9,13-16,32H2,1-2H3/t17?,20-,41?/m1/s1. The van der Waals surface area contributed by atoms with Crippen LogP contribution in [-0.4, -0.2) is 47.1 Å². The molecule has 1 aliphatic carbocycles. The lowest BCUT2D eigenvalue weighted by Crippen LogP contribution is -2.43. The summed E-state index contributed by atoms with van der Waals surface area (Å²) in [5, 5.41) is 10.6. The number of halogens is 3. The van der Waals surface area contributed by atoms with Crippen molar-refractivity contribution in [3.05, 3.63) is 71.6 Å². The van der Waals surface area contributed by atoms with E-state index >= 15 is 0 Å². The van der Waals surface area contributed by atoms with E-state index in [1.807, 2.05) is 25.3 Å². The molecular formula is C28H30F3N7OS2. The van der Waals surface area contributed by atoms with Crippen LogP contribution in [0.15, 0.2) is 58.8 Å². The molecule has 0 saturated carbocycles. The van der Waals surface area contributed by atoms with Gasteiger partial charge in [-0.25, -0.2) is 13.7 Å². The van der Waals surface area contributed by atoms with Gasteiger partial charge in [0.15, 0.2) is 11.5 Å². The van der Waals surface area contributed by atoms with Crippen LogP contribution < -0.4 is 10.0 Å². The summed E-state index contributed by atoms with van der Waals surface area (Å²) in [6.07, 6.45) is 3.48. The van der Waals surface area contributed by atoms with Gasteiger partial charge < -0.3 is 4.90 Å². The summed E-state index contributed by atoms with van der Waals surface area (Å²) in [5.41, 5.74) is 2.75. The van der Waals surface area contributed by atoms with E-state index in [9.17, 15) is 17.4 Å². The summed E-state index contributed by atoms with van der Waals surface area (Å²) < 4.78 is 54.6. The Balaban J connectivity index is 1.28. The van der Waals surface area contributed by atoms with E-state index in [1.54, 1.807) is 17.6 Å². The van der Waals surface area contributed by atoms with Gasteiger partial charge in [-0.1, -0.05) is 17.8 Å². The minimum atomic E-state index is -4.57. The zero-order valence-corrected chi connectivity index (χ0v) is 24.3. The number of alkyl halides is 3. The first-order valence-corrected chi connectivity index (χ1v) is 15.5. The Morgan fingerprint density at radius 1 is 1.15 bits per heavy atom. The highest BCUT2D eigenvalue weighted by atomic mass is 32.2. The van der Waals surface area contributed by atoms with Crippen molar-refractivity contribution in [1.29, 1.82) is 0 Å². The first-order chi connectivity index (χ1) is 19.6. The molecule has 2 N–H and O–H groups in total. The lowest BCUT2D eigenvalue weighted by molar-refractivity contribution is -0.143. The maximum atomic E-state index is 13.6. The van der Waals surface area contributed by atoms with E-state index in [0.29, 0.717) is 10.7 Å². The van der Waals surface area contributed by atoms with Gasteiger partial charge in [0, 0.05) is 41.3 Å². The summed E-state index contributed by atoms with van der Waals surface area (Å²) in [6, 6.07) is 8.87. The quantitative estimate of drug-likeness (QED) is 0.319. The van der Waals surface area contributed by atoms with Crippen LogP contribution in [0.25, 0.3) is 5.52 Å². The third-order valence-corrected chi connectivity index (χ3v) is 10.7. The monoisotopic (exact) mass is 601 g/mol. The molecule has 3 atom stereocenters. The average molecular weight is 602 g/mol. The fraction of sp³-hybridized carbons (Fsp3) is 0.429.